The molecule has 0 spiro atoms. The van der Waals surface area contributed by atoms with Gasteiger partial charge in [0.15, 0.2) is 0 Å². The minimum Gasteiger partial charge on any atom is -0.329 e. The van der Waals surface area contributed by atoms with Crippen molar-refractivity contribution in [3.63, 3.8) is 0 Å². The van der Waals surface area contributed by atoms with Gasteiger partial charge in [0.05, 0.1) is 11.1 Å². The summed E-state index contributed by atoms with van der Waals surface area (Å²) in [7, 11) is 4.39. The number of nitrogens with zero attached hydrogens (tertiary/aromatic N) is 2. The quantitative estimate of drug-likeness (QED) is 0.923. The normalized spacial score (nSPS) is 20.5. The molecule has 3 nitrogen and oxygen atoms in total. The van der Waals surface area contributed by atoms with Gasteiger partial charge in [-0.25, -0.2) is 0 Å². The van der Waals surface area contributed by atoms with Gasteiger partial charge in [0.25, 0.3) is 0 Å². The Morgan fingerprint density at radius 3 is 2.72 bits per heavy atom. The van der Waals surface area contributed by atoms with Crippen LogP contribution in [0, 0.1) is 0 Å². The second-order valence-electron chi connectivity index (χ2n) is 5.12. The predicted molar refractivity (Wildman–Crippen MR) is 79.4 cm³/mol. The monoisotopic (exact) mass is 287 g/mol. The van der Waals surface area contributed by atoms with Crippen LogP contribution < -0.4 is 5.73 Å². The van der Waals surface area contributed by atoms with Gasteiger partial charge in [0, 0.05) is 22.8 Å². The van der Waals surface area contributed by atoms with E-state index in [9.17, 15) is 0 Å². The molecule has 18 heavy (non-hydrogen) atoms. The zero-order valence-corrected chi connectivity index (χ0v) is 12.7. The Kier molecular flexibility index (Phi) is 5.04. The smallest absolute Gasteiger partial charge is 0.0564 e. The minimum atomic E-state index is 0.302. The van der Waals surface area contributed by atoms with Gasteiger partial charge in [-0.3, -0.25) is 4.90 Å². The molecule has 1 aromatic heterocycles. The van der Waals surface area contributed by atoms with E-state index in [1.807, 2.05) is 5.38 Å². The summed E-state index contributed by atoms with van der Waals surface area (Å²) in [5.74, 6) is 0. The summed E-state index contributed by atoms with van der Waals surface area (Å²) in [5.41, 5.74) is 5.96. The number of hydrogen-bond donors (Lipinski definition) is 1. The third kappa shape index (κ3) is 3.25. The summed E-state index contributed by atoms with van der Waals surface area (Å²) in [6.45, 7) is 3.01. The maximum Gasteiger partial charge on any atom is 0.0564 e. The van der Waals surface area contributed by atoms with E-state index < -0.39 is 0 Å². The first-order valence-corrected chi connectivity index (χ1v) is 7.72. The summed E-state index contributed by atoms with van der Waals surface area (Å²) >= 11 is 7.73. The number of piperidine rings is 1. The lowest BCUT2D eigenvalue weighted by molar-refractivity contribution is 0.111. The van der Waals surface area contributed by atoms with Gasteiger partial charge in [-0.15, -0.1) is 11.3 Å². The minimum absolute atomic E-state index is 0.302. The Morgan fingerprint density at radius 1 is 1.56 bits per heavy atom. The maximum atomic E-state index is 6.02. The first-order valence-electron chi connectivity index (χ1n) is 6.46. The second kappa shape index (κ2) is 6.35. The first-order chi connectivity index (χ1) is 8.61. The zero-order chi connectivity index (χ0) is 13.1. The van der Waals surface area contributed by atoms with E-state index >= 15 is 0 Å². The highest BCUT2D eigenvalue weighted by Gasteiger charge is 2.26. The summed E-state index contributed by atoms with van der Waals surface area (Å²) in [4.78, 5) is 6.11. The predicted octanol–water partition coefficient (Wildman–Crippen LogP) is 2.43. The van der Waals surface area contributed by atoms with Crippen LogP contribution >= 0.6 is 22.9 Å². The molecule has 0 aromatic carbocycles. The van der Waals surface area contributed by atoms with Crippen molar-refractivity contribution in [2.45, 2.75) is 24.9 Å². The molecule has 1 aliphatic rings. The molecular formula is C13H22ClN3S. The molecule has 2 N–H and O–H groups in total. The Bertz CT molecular complexity index is 374. The molecule has 1 aromatic rings. The van der Waals surface area contributed by atoms with Crippen molar-refractivity contribution in [1.29, 1.82) is 0 Å². The molecule has 102 valence electrons. The molecule has 0 amide bonds. The number of likely N-dealkylation sites (N-methyl/N-ethyl adjacent to an activating group) is 1. The largest absolute Gasteiger partial charge is 0.329 e. The number of rotatable bonds is 4. The molecule has 1 aliphatic heterocycles. The molecule has 0 radical (unpaired) electrons. The Morgan fingerprint density at radius 2 is 2.22 bits per heavy atom. The molecule has 0 saturated carbocycles. The van der Waals surface area contributed by atoms with Crippen molar-refractivity contribution < 1.29 is 0 Å². The average molecular weight is 288 g/mol. The van der Waals surface area contributed by atoms with Crippen LogP contribution in [0.15, 0.2) is 11.4 Å². The summed E-state index contributed by atoms with van der Waals surface area (Å²) in [6.07, 6.45) is 2.45. The van der Waals surface area contributed by atoms with Crippen LogP contribution in [0.4, 0.5) is 0 Å². The lowest BCUT2D eigenvalue weighted by atomic mass is 10.0. The highest BCUT2D eigenvalue weighted by molar-refractivity contribution is 7.10. The van der Waals surface area contributed by atoms with Gasteiger partial charge in [0.2, 0.25) is 0 Å². The summed E-state index contributed by atoms with van der Waals surface area (Å²) in [5, 5.41) is 2.81. The van der Waals surface area contributed by atoms with Crippen LogP contribution in [0.25, 0.3) is 0 Å². The lowest BCUT2D eigenvalue weighted by Gasteiger charge is -2.38. The third-order valence-corrected chi connectivity index (χ3v) is 5.28. The molecular weight excluding hydrogens is 266 g/mol. The fraction of sp³-hybridized carbons (Fsp3) is 0.692. The van der Waals surface area contributed by atoms with E-state index in [2.05, 4.69) is 30.0 Å². The number of halogens is 1. The van der Waals surface area contributed by atoms with E-state index in [4.69, 9.17) is 17.3 Å². The van der Waals surface area contributed by atoms with Crippen LogP contribution in [0.2, 0.25) is 5.02 Å². The van der Waals surface area contributed by atoms with Gasteiger partial charge in [-0.2, -0.15) is 0 Å². The fourth-order valence-corrected chi connectivity index (χ4v) is 3.89. The molecule has 1 atom stereocenters. The maximum absolute atomic E-state index is 6.02. The zero-order valence-electron chi connectivity index (χ0n) is 11.1. The van der Waals surface area contributed by atoms with E-state index in [1.165, 1.54) is 30.8 Å². The second-order valence-corrected chi connectivity index (χ2v) is 6.50. The van der Waals surface area contributed by atoms with Crippen molar-refractivity contribution in [1.82, 2.24) is 9.80 Å². The Labute approximate surface area is 119 Å². The molecule has 2 heterocycles. The number of nitrogens with two attached hydrogens (primary N) is 1. The van der Waals surface area contributed by atoms with Gasteiger partial charge < -0.3 is 10.6 Å². The SMILES string of the molecule is CN1CCC(N(C)C(CN)c2cc(Cl)cs2)CC1. The first kappa shape index (κ1) is 14.3. The van der Waals surface area contributed by atoms with Gasteiger partial charge in [0.1, 0.15) is 0 Å². The van der Waals surface area contributed by atoms with Crippen molar-refractivity contribution in [3.8, 4) is 0 Å². The van der Waals surface area contributed by atoms with Crippen LogP contribution in [-0.4, -0.2) is 49.6 Å². The van der Waals surface area contributed by atoms with E-state index in [1.54, 1.807) is 11.3 Å². The molecule has 1 saturated heterocycles. The van der Waals surface area contributed by atoms with Crippen molar-refractivity contribution in [2.75, 3.05) is 33.7 Å². The number of likely N-dealkylation sites (tertiary alicyclic amines) is 1. The van der Waals surface area contributed by atoms with Crippen molar-refractivity contribution in [2.24, 2.45) is 5.73 Å². The van der Waals surface area contributed by atoms with Gasteiger partial charge in [-0.05, 0) is 46.1 Å². The standard InChI is InChI=1S/C13H22ClN3S/c1-16-5-3-11(4-6-16)17(2)12(8-15)13-7-10(14)9-18-13/h7,9,11-12H,3-6,8,15H2,1-2H3. The lowest BCUT2D eigenvalue weighted by Crippen LogP contribution is -2.44. The van der Waals surface area contributed by atoms with E-state index in [0.29, 0.717) is 18.6 Å². The van der Waals surface area contributed by atoms with Gasteiger partial charge >= 0.3 is 0 Å². The van der Waals surface area contributed by atoms with E-state index in [-0.39, 0.29) is 0 Å². The van der Waals surface area contributed by atoms with Crippen LogP contribution in [-0.2, 0) is 0 Å². The van der Waals surface area contributed by atoms with Crippen LogP contribution in [0.5, 0.6) is 0 Å². The van der Waals surface area contributed by atoms with Gasteiger partial charge in [-0.1, -0.05) is 11.6 Å². The van der Waals surface area contributed by atoms with Crippen LogP contribution in [0.3, 0.4) is 0 Å². The van der Waals surface area contributed by atoms with Crippen molar-refractivity contribution in [3.05, 3.63) is 21.3 Å². The fourth-order valence-electron chi connectivity index (χ4n) is 2.64. The number of thiophene rings is 1. The summed E-state index contributed by atoms with van der Waals surface area (Å²) in [6, 6.07) is 2.99. The summed E-state index contributed by atoms with van der Waals surface area (Å²) < 4.78 is 0. The molecule has 1 fully saturated rings. The molecule has 0 aliphatic carbocycles. The highest BCUT2D eigenvalue weighted by Crippen LogP contribution is 2.30. The number of hydrogen-bond acceptors (Lipinski definition) is 4. The highest BCUT2D eigenvalue weighted by atomic mass is 35.5. The van der Waals surface area contributed by atoms with Crippen molar-refractivity contribution >= 4 is 22.9 Å². The topological polar surface area (TPSA) is 32.5 Å². The van der Waals surface area contributed by atoms with Crippen LogP contribution in [0.1, 0.15) is 23.8 Å². The molecule has 5 heteroatoms. The molecule has 1 unspecified atom stereocenters. The Hall–Kier alpha value is -0.130. The third-order valence-electron chi connectivity index (χ3n) is 3.90. The molecule has 2 rings (SSSR count). The molecule has 0 bridgehead atoms. The average Bonchev–Trinajstić information content (AvgIpc) is 2.77. The van der Waals surface area contributed by atoms with E-state index in [0.717, 1.165) is 5.02 Å². The Balaban J connectivity index is 2.03.